The van der Waals surface area contributed by atoms with Gasteiger partial charge in [0.2, 0.25) is 5.91 Å². The van der Waals surface area contributed by atoms with E-state index in [-0.39, 0.29) is 30.5 Å². The molecule has 1 amide bonds. The topological polar surface area (TPSA) is 80.6 Å². The number of hydrogen-bond donors (Lipinski definition) is 1. The Labute approximate surface area is 169 Å². The van der Waals surface area contributed by atoms with Crippen LogP contribution in [0.15, 0.2) is 47.3 Å². The SMILES string of the molecule is CCOC(=O)c1ccccc1NC(=O)CN1C[C@@H]2C[C@H](C1)c1cccc(=O)n1C2. The average molecular weight is 395 g/mol. The monoisotopic (exact) mass is 395 g/mol. The number of pyridine rings is 1. The van der Waals surface area contributed by atoms with Crippen LogP contribution in [-0.4, -0.2) is 47.6 Å². The number of ether oxygens (including phenoxy) is 1. The van der Waals surface area contributed by atoms with E-state index in [2.05, 4.69) is 10.2 Å². The van der Waals surface area contributed by atoms with E-state index in [0.717, 1.165) is 25.2 Å². The maximum atomic E-state index is 12.7. The van der Waals surface area contributed by atoms with E-state index >= 15 is 0 Å². The number of nitrogens with one attached hydrogen (secondary N) is 1. The van der Waals surface area contributed by atoms with Gasteiger partial charge in [-0.15, -0.1) is 0 Å². The molecule has 0 saturated carbocycles. The van der Waals surface area contributed by atoms with E-state index in [1.807, 2.05) is 16.7 Å². The number of likely N-dealkylation sites (tertiary alicyclic amines) is 1. The van der Waals surface area contributed by atoms with Gasteiger partial charge in [-0.05, 0) is 37.5 Å². The van der Waals surface area contributed by atoms with E-state index in [0.29, 0.717) is 23.7 Å². The number of nitrogens with zero attached hydrogens (tertiary/aromatic N) is 2. The Kier molecular flexibility index (Phi) is 5.49. The van der Waals surface area contributed by atoms with Crippen molar-refractivity contribution >= 4 is 17.6 Å². The Morgan fingerprint density at radius 3 is 2.76 bits per heavy atom. The number of aromatic nitrogens is 1. The first-order valence-corrected chi connectivity index (χ1v) is 10.0. The fourth-order valence-electron chi connectivity index (χ4n) is 4.50. The third kappa shape index (κ3) is 4.10. The lowest BCUT2D eigenvalue weighted by atomic mass is 9.83. The highest BCUT2D eigenvalue weighted by atomic mass is 16.5. The molecule has 2 aliphatic rings. The second kappa shape index (κ2) is 8.21. The van der Waals surface area contributed by atoms with Gasteiger partial charge in [0, 0.05) is 37.3 Å². The van der Waals surface area contributed by atoms with Gasteiger partial charge in [-0.25, -0.2) is 4.79 Å². The molecule has 0 unspecified atom stereocenters. The summed E-state index contributed by atoms with van der Waals surface area (Å²) in [6.45, 7) is 4.51. The van der Waals surface area contributed by atoms with Gasteiger partial charge in [0.15, 0.2) is 0 Å². The predicted molar refractivity (Wildman–Crippen MR) is 109 cm³/mol. The maximum Gasteiger partial charge on any atom is 0.340 e. The van der Waals surface area contributed by atoms with Crippen LogP contribution in [0.4, 0.5) is 5.69 Å². The fourth-order valence-corrected chi connectivity index (χ4v) is 4.50. The highest BCUT2D eigenvalue weighted by Crippen LogP contribution is 2.34. The summed E-state index contributed by atoms with van der Waals surface area (Å²) in [6, 6.07) is 12.3. The Bertz CT molecular complexity index is 984. The molecule has 1 fully saturated rings. The molecule has 2 atom stereocenters. The number of carbonyl (C=O) groups excluding carboxylic acids is 2. The second-order valence-electron chi connectivity index (χ2n) is 7.71. The van der Waals surface area contributed by atoms with Gasteiger partial charge in [-0.3, -0.25) is 14.5 Å². The van der Waals surface area contributed by atoms with Crippen molar-refractivity contribution in [3.05, 3.63) is 64.1 Å². The van der Waals surface area contributed by atoms with Gasteiger partial charge in [0.25, 0.3) is 5.56 Å². The number of amides is 1. The van der Waals surface area contributed by atoms with E-state index < -0.39 is 5.97 Å². The second-order valence-corrected chi connectivity index (χ2v) is 7.71. The summed E-state index contributed by atoms with van der Waals surface area (Å²) in [4.78, 5) is 39.1. The van der Waals surface area contributed by atoms with E-state index in [4.69, 9.17) is 4.74 Å². The van der Waals surface area contributed by atoms with Crippen molar-refractivity contribution in [3.63, 3.8) is 0 Å². The average Bonchev–Trinajstić information content (AvgIpc) is 2.69. The van der Waals surface area contributed by atoms with Crippen molar-refractivity contribution in [2.75, 3.05) is 31.6 Å². The Balaban J connectivity index is 1.43. The molecule has 3 heterocycles. The third-order valence-corrected chi connectivity index (χ3v) is 5.62. The van der Waals surface area contributed by atoms with E-state index in [9.17, 15) is 14.4 Å². The van der Waals surface area contributed by atoms with Crippen molar-refractivity contribution in [2.45, 2.75) is 25.8 Å². The molecule has 4 rings (SSSR count). The maximum absolute atomic E-state index is 12.7. The summed E-state index contributed by atoms with van der Waals surface area (Å²) in [5.41, 5.74) is 1.93. The molecule has 1 aromatic heterocycles. The summed E-state index contributed by atoms with van der Waals surface area (Å²) in [5.74, 6) is 0.0158. The fraction of sp³-hybridized carbons (Fsp3) is 0.409. The first-order chi connectivity index (χ1) is 14.0. The van der Waals surface area contributed by atoms with Gasteiger partial charge >= 0.3 is 5.97 Å². The molecule has 0 aliphatic carbocycles. The minimum Gasteiger partial charge on any atom is -0.462 e. The molecular weight excluding hydrogens is 370 g/mol. The van der Waals surface area contributed by atoms with Gasteiger partial charge in [-0.1, -0.05) is 18.2 Å². The van der Waals surface area contributed by atoms with Crippen LogP contribution in [0.5, 0.6) is 0 Å². The zero-order chi connectivity index (χ0) is 20.4. The van der Waals surface area contributed by atoms with Gasteiger partial charge < -0.3 is 14.6 Å². The number of piperidine rings is 1. The summed E-state index contributed by atoms with van der Waals surface area (Å²) >= 11 is 0. The Hall–Kier alpha value is -2.93. The highest BCUT2D eigenvalue weighted by Gasteiger charge is 2.35. The first-order valence-electron chi connectivity index (χ1n) is 10.0. The highest BCUT2D eigenvalue weighted by molar-refractivity contribution is 6.01. The van der Waals surface area contributed by atoms with Crippen LogP contribution in [-0.2, 0) is 16.1 Å². The molecule has 7 heteroatoms. The number of esters is 1. The minimum absolute atomic E-state index is 0.0546. The molecule has 1 N–H and O–H groups in total. The van der Waals surface area contributed by atoms with Crippen LogP contribution in [0.3, 0.4) is 0 Å². The Morgan fingerprint density at radius 1 is 1.10 bits per heavy atom. The summed E-state index contributed by atoms with van der Waals surface area (Å²) in [5, 5.41) is 2.85. The molecule has 2 aliphatic heterocycles. The molecule has 0 radical (unpaired) electrons. The normalized spacial score (nSPS) is 20.6. The van der Waals surface area contributed by atoms with Gasteiger partial charge in [0.05, 0.1) is 24.4 Å². The molecule has 1 saturated heterocycles. The molecule has 1 aromatic carbocycles. The molecule has 0 spiro atoms. The predicted octanol–water partition coefficient (Wildman–Crippen LogP) is 2.08. The summed E-state index contributed by atoms with van der Waals surface area (Å²) in [7, 11) is 0. The third-order valence-electron chi connectivity index (χ3n) is 5.62. The van der Waals surface area contributed by atoms with Gasteiger partial charge in [0.1, 0.15) is 0 Å². The van der Waals surface area contributed by atoms with Crippen LogP contribution < -0.4 is 10.9 Å². The number of hydrogen-bond acceptors (Lipinski definition) is 5. The standard InChI is InChI=1S/C22H25N3O4/c1-2-29-22(28)17-6-3-4-7-18(17)23-20(26)14-24-11-15-10-16(13-24)19-8-5-9-21(27)25(19)12-15/h3-9,15-16H,2,10-14H2,1H3,(H,23,26)/t15-,16+/m0/s1. The smallest absolute Gasteiger partial charge is 0.340 e. The molecular formula is C22H25N3O4. The van der Waals surface area contributed by atoms with Crippen molar-refractivity contribution in [1.29, 1.82) is 0 Å². The van der Waals surface area contributed by atoms with Crippen molar-refractivity contribution < 1.29 is 14.3 Å². The zero-order valence-corrected chi connectivity index (χ0v) is 16.5. The number of fused-ring (bicyclic) bond motifs is 4. The lowest BCUT2D eigenvalue weighted by Gasteiger charge is -2.42. The number of para-hydroxylation sites is 1. The van der Waals surface area contributed by atoms with Gasteiger partial charge in [-0.2, -0.15) is 0 Å². The van der Waals surface area contributed by atoms with E-state index in [1.54, 1.807) is 37.3 Å². The number of anilines is 1. The van der Waals surface area contributed by atoms with Crippen LogP contribution in [0.25, 0.3) is 0 Å². The molecule has 29 heavy (non-hydrogen) atoms. The van der Waals surface area contributed by atoms with Crippen molar-refractivity contribution in [2.24, 2.45) is 5.92 Å². The van der Waals surface area contributed by atoms with Crippen molar-refractivity contribution in [3.8, 4) is 0 Å². The van der Waals surface area contributed by atoms with Crippen molar-refractivity contribution in [1.82, 2.24) is 9.47 Å². The lowest BCUT2D eigenvalue weighted by molar-refractivity contribution is -0.117. The molecule has 2 aromatic rings. The largest absolute Gasteiger partial charge is 0.462 e. The zero-order valence-electron chi connectivity index (χ0n) is 16.5. The number of benzene rings is 1. The van der Waals surface area contributed by atoms with Crippen LogP contribution in [0.1, 0.15) is 35.3 Å². The van der Waals surface area contributed by atoms with Crippen LogP contribution in [0, 0.1) is 5.92 Å². The van der Waals surface area contributed by atoms with Crippen LogP contribution >= 0.6 is 0 Å². The molecule has 2 bridgehead atoms. The molecule has 152 valence electrons. The van der Waals surface area contributed by atoms with Crippen LogP contribution in [0.2, 0.25) is 0 Å². The Morgan fingerprint density at radius 2 is 1.93 bits per heavy atom. The minimum atomic E-state index is -0.446. The lowest BCUT2D eigenvalue weighted by Crippen LogP contribution is -2.49. The summed E-state index contributed by atoms with van der Waals surface area (Å²) < 4.78 is 6.95. The molecule has 7 nitrogen and oxygen atoms in total. The quantitative estimate of drug-likeness (QED) is 0.784. The first kappa shape index (κ1) is 19.4. The number of rotatable bonds is 5. The number of carbonyl (C=O) groups is 2. The van der Waals surface area contributed by atoms with E-state index in [1.165, 1.54) is 0 Å². The summed E-state index contributed by atoms with van der Waals surface area (Å²) in [6.07, 6.45) is 1.05.